The van der Waals surface area contributed by atoms with Gasteiger partial charge in [-0.05, 0) is 47.2 Å². The minimum absolute atomic E-state index is 0.0167. The molecule has 0 saturated heterocycles. The van der Waals surface area contributed by atoms with Gasteiger partial charge in [0.2, 0.25) is 0 Å². The molecule has 0 aliphatic rings. The van der Waals surface area contributed by atoms with Crippen molar-refractivity contribution in [1.29, 1.82) is 0 Å². The molecule has 2 atom stereocenters. The summed E-state index contributed by atoms with van der Waals surface area (Å²) < 4.78 is 5.24. The van der Waals surface area contributed by atoms with Gasteiger partial charge in [0.15, 0.2) is 5.69 Å². The van der Waals surface area contributed by atoms with Crippen molar-refractivity contribution in [3.8, 4) is 0 Å². The van der Waals surface area contributed by atoms with E-state index < -0.39 is 0 Å². The molecule has 5 heteroatoms. The first-order valence-corrected chi connectivity index (χ1v) is 8.78. The lowest BCUT2D eigenvalue weighted by Crippen LogP contribution is -2.58. The fourth-order valence-corrected chi connectivity index (χ4v) is 2.89. The number of carbonyl (C=O) groups excluding carboxylic acids is 1. The molecular formula is C18H33N3O2. The van der Waals surface area contributed by atoms with Crippen LogP contribution in [0.15, 0.2) is 4.52 Å². The fourth-order valence-electron chi connectivity index (χ4n) is 2.89. The molecule has 0 aromatic carbocycles. The first-order valence-electron chi connectivity index (χ1n) is 8.78. The average molecular weight is 323 g/mol. The van der Waals surface area contributed by atoms with Crippen LogP contribution in [0.1, 0.15) is 75.7 Å². The summed E-state index contributed by atoms with van der Waals surface area (Å²) in [6.45, 7) is 13.6. The van der Waals surface area contributed by atoms with Gasteiger partial charge in [0.25, 0.3) is 5.91 Å². The van der Waals surface area contributed by atoms with Crippen LogP contribution in [0, 0.1) is 6.92 Å². The second-order valence-corrected chi connectivity index (χ2v) is 6.61. The normalized spacial score (nSPS) is 15.5. The number of hydrogen-bond acceptors (Lipinski definition) is 4. The second-order valence-electron chi connectivity index (χ2n) is 6.61. The Kier molecular flexibility index (Phi) is 7.26. The van der Waals surface area contributed by atoms with E-state index in [1.54, 1.807) is 0 Å². The number of hydrogen-bond donors (Lipinski definition) is 1. The molecule has 1 rings (SSSR count). The van der Waals surface area contributed by atoms with Gasteiger partial charge < -0.3 is 9.84 Å². The van der Waals surface area contributed by atoms with E-state index in [1.807, 2.05) is 13.8 Å². The molecular weight excluding hydrogens is 290 g/mol. The predicted octanol–water partition coefficient (Wildman–Crippen LogP) is 3.56. The SMILES string of the molecule is CCCCN(C)C(C)(CC)C(C)NC(=O)c1noc(CC)c1C. The van der Waals surface area contributed by atoms with Crippen molar-refractivity contribution in [2.75, 3.05) is 13.6 Å². The minimum Gasteiger partial charge on any atom is -0.360 e. The van der Waals surface area contributed by atoms with Crippen LogP contribution >= 0.6 is 0 Å². The molecule has 5 nitrogen and oxygen atoms in total. The van der Waals surface area contributed by atoms with Gasteiger partial charge >= 0.3 is 0 Å². The van der Waals surface area contributed by atoms with Gasteiger partial charge in [0, 0.05) is 23.6 Å². The predicted molar refractivity (Wildman–Crippen MR) is 93.8 cm³/mol. The molecule has 1 N–H and O–H groups in total. The van der Waals surface area contributed by atoms with E-state index >= 15 is 0 Å². The number of nitrogens with zero attached hydrogens (tertiary/aromatic N) is 2. The molecule has 0 fully saturated rings. The van der Waals surface area contributed by atoms with Gasteiger partial charge in [-0.15, -0.1) is 0 Å². The van der Waals surface area contributed by atoms with Gasteiger partial charge in [-0.1, -0.05) is 32.3 Å². The zero-order valence-corrected chi connectivity index (χ0v) is 15.8. The van der Waals surface area contributed by atoms with E-state index in [2.05, 4.69) is 50.1 Å². The van der Waals surface area contributed by atoms with Crippen LogP contribution in [-0.4, -0.2) is 41.1 Å². The highest BCUT2D eigenvalue weighted by molar-refractivity contribution is 5.93. The summed E-state index contributed by atoms with van der Waals surface area (Å²) in [5.74, 6) is 0.628. The van der Waals surface area contributed by atoms with Crippen LogP contribution in [0.5, 0.6) is 0 Å². The van der Waals surface area contributed by atoms with Crippen LogP contribution < -0.4 is 5.32 Å². The lowest BCUT2D eigenvalue weighted by atomic mass is 9.88. The van der Waals surface area contributed by atoms with Crippen molar-refractivity contribution in [2.45, 2.75) is 78.8 Å². The fraction of sp³-hybridized carbons (Fsp3) is 0.778. The molecule has 1 heterocycles. The van der Waals surface area contributed by atoms with Crippen molar-refractivity contribution in [3.63, 3.8) is 0 Å². The molecule has 1 aromatic rings. The number of carbonyl (C=O) groups is 1. The largest absolute Gasteiger partial charge is 0.360 e. The molecule has 0 aliphatic heterocycles. The number of aryl methyl sites for hydroxylation is 1. The summed E-state index contributed by atoms with van der Waals surface area (Å²) in [6.07, 6.45) is 4.04. The highest BCUT2D eigenvalue weighted by Crippen LogP contribution is 2.23. The zero-order valence-electron chi connectivity index (χ0n) is 15.8. The maximum Gasteiger partial charge on any atom is 0.274 e. The summed E-state index contributed by atoms with van der Waals surface area (Å²) in [5.41, 5.74) is 1.16. The smallest absolute Gasteiger partial charge is 0.274 e. The molecule has 0 spiro atoms. The summed E-state index contributed by atoms with van der Waals surface area (Å²) in [7, 11) is 2.14. The molecule has 132 valence electrons. The number of nitrogens with one attached hydrogen (secondary N) is 1. The Morgan fingerprint density at radius 3 is 2.52 bits per heavy atom. The third kappa shape index (κ3) is 4.34. The van der Waals surface area contributed by atoms with Crippen molar-refractivity contribution in [1.82, 2.24) is 15.4 Å². The van der Waals surface area contributed by atoms with Gasteiger partial charge in [-0.3, -0.25) is 9.69 Å². The summed E-state index contributed by atoms with van der Waals surface area (Å²) >= 11 is 0. The summed E-state index contributed by atoms with van der Waals surface area (Å²) in [6, 6.07) is 0.0167. The van der Waals surface area contributed by atoms with Crippen LogP contribution in [0.25, 0.3) is 0 Å². The lowest BCUT2D eigenvalue weighted by molar-refractivity contribution is 0.0727. The van der Waals surface area contributed by atoms with Gasteiger partial charge in [-0.2, -0.15) is 0 Å². The Hall–Kier alpha value is -1.36. The highest BCUT2D eigenvalue weighted by Gasteiger charge is 2.35. The zero-order chi connectivity index (χ0) is 17.6. The Balaban J connectivity index is 2.84. The maximum absolute atomic E-state index is 12.6. The molecule has 23 heavy (non-hydrogen) atoms. The molecule has 0 bridgehead atoms. The highest BCUT2D eigenvalue weighted by atomic mass is 16.5. The van der Waals surface area contributed by atoms with Crippen LogP contribution in [-0.2, 0) is 6.42 Å². The Morgan fingerprint density at radius 1 is 1.39 bits per heavy atom. The van der Waals surface area contributed by atoms with E-state index in [0.29, 0.717) is 5.69 Å². The Labute approximate surface area is 140 Å². The number of rotatable bonds is 9. The van der Waals surface area contributed by atoms with E-state index in [1.165, 1.54) is 6.42 Å². The Bertz CT molecular complexity index is 512. The van der Waals surface area contributed by atoms with Crippen LogP contribution in [0.3, 0.4) is 0 Å². The first kappa shape index (κ1) is 19.7. The number of unbranched alkanes of at least 4 members (excludes halogenated alkanes) is 1. The topological polar surface area (TPSA) is 58.4 Å². The van der Waals surface area contributed by atoms with E-state index in [4.69, 9.17) is 4.52 Å². The van der Waals surface area contributed by atoms with Gasteiger partial charge in [-0.25, -0.2) is 0 Å². The number of amides is 1. The number of likely N-dealkylation sites (N-methyl/N-ethyl adjacent to an activating group) is 1. The Morgan fingerprint density at radius 2 is 2.04 bits per heavy atom. The quantitative estimate of drug-likeness (QED) is 0.755. The third-order valence-electron chi connectivity index (χ3n) is 5.27. The van der Waals surface area contributed by atoms with Crippen molar-refractivity contribution >= 4 is 5.91 Å². The first-order chi connectivity index (χ1) is 10.8. The van der Waals surface area contributed by atoms with Crippen molar-refractivity contribution < 1.29 is 9.32 Å². The molecule has 0 aliphatic carbocycles. The van der Waals surface area contributed by atoms with E-state index in [0.717, 1.165) is 37.1 Å². The lowest BCUT2D eigenvalue weighted by Gasteiger charge is -2.43. The second kappa shape index (κ2) is 8.48. The van der Waals surface area contributed by atoms with Crippen molar-refractivity contribution in [3.05, 3.63) is 17.0 Å². The molecule has 2 unspecified atom stereocenters. The van der Waals surface area contributed by atoms with Gasteiger partial charge in [0.05, 0.1) is 0 Å². The number of aromatic nitrogens is 1. The average Bonchev–Trinajstić information content (AvgIpc) is 2.92. The summed E-state index contributed by atoms with van der Waals surface area (Å²) in [4.78, 5) is 14.9. The standard InChI is InChI=1S/C18H33N3O2/c1-8-11-12-21(7)18(6,10-3)14(5)19-17(22)16-13(4)15(9-2)23-20-16/h14H,8-12H2,1-7H3,(H,19,22). The molecule has 1 aromatic heterocycles. The van der Waals surface area contributed by atoms with E-state index in [9.17, 15) is 4.79 Å². The van der Waals surface area contributed by atoms with Gasteiger partial charge in [0.1, 0.15) is 5.76 Å². The molecule has 1 amide bonds. The molecule has 0 radical (unpaired) electrons. The summed E-state index contributed by atoms with van der Waals surface area (Å²) in [5, 5.41) is 7.06. The van der Waals surface area contributed by atoms with Crippen LogP contribution in [0.2, 0.25) is 0 Å². The maximum atomic E-state index is 12.6. The third-order valence-corrected chi connectivity index (χ3v) is 5.27. The van der Waals surface area contributed by atoms with Crippen molar-refractivity contribution in [2.24, 2.45) is 0 Å². The molecule has 0 saturated carbocycles. The minimum atomic E-state index is -0.151. The van der Waals surface area contributed by atoms with E-state index in [-0.39, 0.29) is 17.5 Å². The van der Waals surface area contributed by atoms with Crippen LogP contribution in [0.4, 0.5) is 0 Å². The monoisotopic (exact) mass is 323 g/mol.